The molecule has 0 spiro atoms. The van der Waals surface area contributed by atoms with Crippen LogP contribution in [0.15, 0.2) is 41.6 Å². The van der Waals surface area contributed by atoms with Gasteiger partial charge in [-0.05, 0) is 51.7 Å². The molecule has 1 aromatic carbocycles. The first-order valence-electron chi connectivity index (χ1n) is 7.42. The fourth-order valence-electron chi connectivity index (χ4n) is 3.20. The largest absolute Gasteiger partial charge is 0.358 e. The Morgan fingerprint density at radius 2 is 2.27 bits per heavy atom. The van der Waals surface area contributed by atoms with Gasteiger partial charge in [-0.15, -0.1) is 0 Å². The SMILES string of the molecule is C=C(CN1CCc2[nH]c3ccc(F)cc3c2C1)c1ccsc1. The van der Waals surface area contributed by atoms with E-state index < -0.39 is 0 Å². The lowest BCUT2D eigenvalue weighted by molar-refractivity contribution is 0.286. The third kappa shape index (κ3) is 2.38. The smallest absolute Gasteiger partial charge is 0.123 e. The quantitative estimate of drug-likeness (QED) is 0.757. The van der Waals surface area contributed by atoms with Gasteiger partial charge < -0.3 is 4.98 Å². The molecule has 0 radical (unpaired) electrons. The minimum Gasteiger partial charge on any atom is -0.358 e. The Hall–Kier alpha value is -1.91. The van der Waals surface area contributed by atoms with Crippen molar-refractivity contribution in [2.75, 3.05) is 13.1 Å². The molecule has 4 rings (SSSR count). The van der Waals surface area contributed by atoms with E-state index in [1.165, 1.54) is 22.9 Å². The van der Waals surface area contributed by atoms with Crippen LogP contribution in [-0.4, -0.2) is 23.0 Å². The van der Waals surface area contributed by atoms with Gasteiger partial charge in [0.05, 0.1) is 0 Å². The average Bonchev–Trinajstić information content (AvgIpc) is 3.14. The van der Waals surface area contributed by atoms with Gasteiger partial charge in [-0.2, -0.15) is 11.3 Å². The van der Waals surface area contributed by atoms with E-state index in [0.717, 1.165) is 42.5 Å². The summed E-state index contributed by atoms with van der Waals surface area (Å²) in [5.41, 5.74) is 5.89. The lowest BCUT2D eigenvalue weighted by Crippen LogP contribution is -2.31. The van der Waals surface area contributed by atoms with E-state index in [2.05, 4.69) is 33.3 Å². The van der Waals surface area contributed by atoms with Gasteiger partial charge in [0.1, 0.15) is 5.82 Å². The number of halogens is 1. The Bertz CT molecular complexity index is 832. The Kier molecular flexibility index (Phi) is 3.36. The standard InChI is InChI=1S/C18H17FN2S/c1-12(13-5-7-22-11-13)9-21-6-4-18-16(10-21)15-8-14(19)2-3-17(15)20-18/h2-3,5,7-8,11,20H,1,4,6,9-10H2. The number of hydrogen-bond acceptors (Lipinski definition) is 2. The fraction of sp³-hybridized carbons (Fsp3) is 0.222. The Morgan fingerprint density at radius 3 is 3.09 bits per heavy atom. The van der Waals surface area contributed by atoms with Gasteiger partial charge in [-0.3, -0.25) is 4.90 Å². The summed E-state index contributed by atoms with van der Waals surface area (Å²) >= 11 is 1.70. The number of benzene rings is 1. The molecule has 1 N–H and O–H groups in total. The van der Waals surface area contributed by atoms with Crippen molar-refractivity contribution < 1.29 is 4.39 Å². The van der Waals surface area contributed by atoms with E-state index >= 15 is 0 Å². The zero-order valence-corrected chi connectivity index (χ0v) is 13.0. The van der Waals surface area contributed by atoms with Crippen LogP contribution < -0.4 is 0 Å². The molecule has 0 amide bonds. The van der Waals surface area contributed by atoms with Crippen molar-refractivity contribution in [1.82, 2.24) is 9.88 Å². The number of thiophene rings is 1. The van der Waals surface area contributed by atoms with Crippen molar-refractivity contribution in [3.8, 4) is 0 Å². The molecule has 3 heterocycles. The maximum absolute atomic E-state index is 13.5. The molecule has 0 saturated carbocycles. The average molecular weight is 312 g/mol. The molecule has 1 aliphatic heterocycles. The second-order valence-corrected chi connectivity index (χ2v) is 6.63. The van der Waals surface area contributed by atoms with Gasteiger partial charge in [0.2, 0.25) is 0 Å². The van der Waals surface area contributed by atoms with Gasteiger partial charge >= 0.3 is 0 Å². The Labute approximate surface area is 132 Å². The normalized spacial score (nSPS) is 15.1. The fourth-order valence-corrected chi connectivity index (χ4v) is 3.90. The molecule has 0 unspecified atom stereocenters. The molecule has 0 fully saturated rings. The number of nitrogens with zero attached hydrogens (tertiary/aromatic N) is 1. The van der Waals surface area contributed by atoms with Crippen LogP contribution in [0.4, 0.5) is 4.39 Å². The summed E-state index contributed by atoms with van der Waals surface area (Å²) in [6.45, 7) is 6.92. The number of hydrogen-bond donors (Lipinski definition) is 1. The Morgan fingerprint density at radius 1 is 1.36 bits per heavy atom. The number of aromatic amines is 1. The monoisotopic (exact) mass is 312 g/mol. The van der Waals surface area contributed by atoms with Crippen LogP contribution in [0.25, 0.3) is 16.5 Å². The first-order valence-corrected chi connectivity index (χ1v) is 8.36. The van der Waals surface area contributed by atoms with E-state index in [0.29, 0.717) is 0 Å². The number of nitrogens with one attached hydrogen (secondary N) is 1. The van der Waals surface area contributed by atoms with E-state index in [-0.39, 0.29) is 5.82 Å². The number of aromatic nitrogens is 1. The summed E-state index contributed by atoms with van der Waals surface area (Å²) in [5, 5.41) is 5.23. The molecule has 0 atom stereocenters. The first kappa shape index (κ1) is 13.7. The molecule has 22 heavy (non-hydrogen) atoms. The summed E-state index contributed by atoms with van der Waals surface area (Å²) < 4.78 is 13.5. The molecule has 0 aliphatic carbocycles. The van der Waals surface area contributed by atoms with Crippen LogP contribution in [0.5, 0.6) is 0 Å². The van der Waals surface area contributed by atoms with E-state index in [1.807, 2.05) is 6.07 Å². The molecular weight excluding hydrogens is 295 g/mol. The topological polar surface area (TPSA) is 19.0 Å². The maximum atomic E-state index is 13.5. The second-order valence-electron chi connectivity index (χ2n) is 5.85. The van der Waals surface area contributed by atoms with Gasteiger partial charge in [0.15, 0.2) is 0 Å². The van der Waals surface area contributed by atoms with E-state index in [4.69, 9.17) is 0 Å². The molecular formula is C18H17FN2S. The van der Waals surface area contributed by atoms with Crippen molar-refractivity contribution in [3.05, 3.63) is 64.2 Å². The second kappa shape index (κ2) is 5.38. The number of H-pyrrole nitrogens is 1. The van der Waals surface area contributed by atoms with E-state index in [9.17, 15) is 4.39 Å². The lowest BCUT2D eigenvalue weighted by atomic mass is 10.0. The summed E-state index contributed by atoms with van der Waals surface area (Å²) in [6.07, 6.45) is 0.975. The minimum absolute atomic E-state index is 0.172. The van der Waals surface area contributed by atoms with Gasteiger partial charge in [0, 0.05) is 42.7 Å². The van der Waals surface area contributed by atoms with Crippen molar-refractivity contribution in [3.63, 3.8) is 0 Å². The van der Waals surface area contributed by atoms with Gasteiger partial charge in [-0.25, -0.2) is 4.39 Å². The van der Waals surface area contributed by atoms with Crippen LogP contribution in [0, 0.1) is 5.82 Å². The van der Waals surface area contributed by atoms with Crippen molar-refractivity contribution >= 4 is 27.8 Å². The predicted octanol–water partition coefficient (Wildman–Crippen LogP) is 4.44. The molecule has 2 aromatic heterocycles. The molecule has 1 aliphatic rings. The highest BCUT2D eigenvalue weighted by Gasteiger charge is 2.21. The molecule has 112 valence electrons. The van der Waals surface area contributed by atoms with Crippen molar-refractivity contribution in [1.29, 1.82) is 0 Å². The molecule has 4 heteroatoms. The predicted molar refractivity (Wildman–Crippen MR) is 90.6 cm³/mol. The minimum atomic E-state index is -0.172. The summed E-state index contributed by atoms with van der Waals surface area (Å²) in [7, 11) is 0. The highest BCUT2D eigenvalue weighted by atomic mass is 32.1. The molecule has 0 bridgehead atoms. The molecule has 0 saturated heterocycles. The number of fused-ring (bicyclic) bond motifs is 3. The van der Waals surface area contributed by atoms with Crippen LogP contribution >= 0.6 is 11.3 Å². The van der Waals surface area contributed by atoms with Gasteiger partial charge in [-0.1, -0.05) is 6.58 Å². The van der Waals surface area contributed by atoms with Crippen LogP contribution in [-0.2, 0) is 13.0 Å². The first-order chi connectivity index (χ1) is 10.7. The van der Waals surface area contributed by atoms with E-state index in [1.54, 1.807) is 17.4 Å². The summed E-state index contributed by atoms with van der Waals surface area (Å²) in [5.74, 6) is -0.172. The Balaban J connectivity index is 1.59. The molecule has 2 nitrogen and oxygen atoms in total. The lowest BCUT2D eigenvalue weighted by Gasteiger charge is -2.27. The summed E-state index contributed by atoms with van der Waals surface area (Å²) in [4.78, 5) is 5.82. The zero-order valence-electron chi connectivity index (χ0n) is 12.2. The maximum Gasteiger partial charge on any atom is 0.123 e. The number of rotatable bonds is 3. The van der Waals surface area contributed by atoms with Gasteiger partial charge in [0.25, 0.3) is 0 Å². The highest BCUT2D eigenvalue weighted by molar-refractivity contribution is 7.08. The zero-order chi connectivity index (χ0) is 15.1. The van der Waals surface area contributed by atoms with Crippen molar-refractivity contribution in [2.24, 2.45) is 0 Å². The molecule has 3 aromatic rings. The van der Waals surface area contributed by atoms with Crippen LogP contribution in [0.2, 0.25) is 0 Å². The van der Waals surface area contributed by atoms with Crippen LogP contribution in [0.3, 0.4) is 0 Å². The third-order valence-electron chi connectivity index (χ3n) is 4.36. The highest BCUT2D eigenvalue weighted by Crippen LogP contribution is 2.29. The van der Waals surface area contributed by atoms with Crippen LogP contribution in [0.1, 0.15) is 16.8 Å². The summed E-state index contributed by atoms with van der Waals surface area (Å²) in [6, 6.07) is 7.10. The van der Waals surface area contributed by atoms with Crippen molar-refractivity contribution in [2.45, 2.75) is 13.0 Å². The third-order valence-corrected chi connectivity index (χ3v) is 5.04.